The molecule has 7 heteroatoms. The number of hydrogen-bond donors (Lipinski definition) is 2. The summed E-state index contributed by atoms with van der Waals surface area (Å²) in [5, 5.41) is 12.1. The van der Waals surface area contributed by atoms with E-state index in [1.54, 1.807) is 24.3 Å². The zero-order chi connectivity index (χ0) is 17.3. The average molecular weight is 329 g/mol. The van der Waals surface area contributed by atoms with Gasteiger partial charge >= 0.3 is 11.9 Å². The van der Waals surface area contributed by atoms with Crippen LogP contribution in [0.25, 0.3) is 0 Å². The summed E-state index contributed by atoms with van der Waals surface area (Å²) in [6.45, 7) is 0. The van der Waals surface area contributed by atoms with E-state index < -0.39 is 18.2 Å². The third kappa shape index (κ3) is 2.60. The number of carbonyl (C=O) groups is 2. The van der Waals surface area contributed by atoms with Crippen LogP contribution in [0, 0.1) is 0 Å². The molecule has 2 aromatic carbocycles. The molecule has 24 heavy (non-hydrogen) atoms. The largest absolute Gasteiger partial charge is 0.493 e. The third-order valence-electron chi connectivity index (χ3n) is 3.70. The summed E-state index contributed by atoms with van der Waals surface area (Å²) in [7, 11) is 2.93. The minimum atomic E-state index is -1.03. The van der Waals surface area contributed by atoms with E-state index in [1.807, 2.05) is 0 Å². The first kappa shape index (κ1) is 15.7. The summed E-state index contributed by atoms with van der Waals surface area (Å²) in [6, 6.07) is 9.64. The maximum atomic E-state index is 12.2. The van der Waals surface area contributed by atoms with Crippen molar-refractivity contribution in [1.82, 2.24) is 0 Å². The number of rotatable bonds is 5. The minimum Gasteiger partial charge on any atom is -0.493 e. The van der Waals surface area contributed by atoms with Gasteiger partial charge in [-0.05, 0) is 30.3 Å². The first-order chi connectivity index (χ1) is 11.5. The molecule has 2 N–H and O–H groups in total. The molecule has 0 spiro atoms. The number of carboxylic acid groups (broad SMARTS) is 1. The number of aromatic carboxylic acids is 1. The zero-order valence-electron chi connectivity index (χ0n) is 13.0. The molecule has 0 saturated heterocycles. The highest BCUT2D eigenvalue weighted by Crippen LogP contribution is 2.42. The van der Waals surface area contributed by atoms with E-state index in [2.05, 4.69) is 5.32 Å². The fourth-order valence-electron chi connectivity index (χ4n) is 2.60. The summed E-state index contributed by atoms with van der Waals surface area (Å²) in [5.41, 5.74) is 1.55. The fourth-order valence-corrected chi connectivity index (χ4v) is 2.60. The molecule has 1 heterocycles. The average Bonchev–Trinajstić information content (AvgIpc) is 2.90. The second-order valence-corrected chi connectivity index (χ2v) is 5.08. The van der Waals surface area contributed by atoms with Crippen molar-refractivity contribution >= 4 is 17.6 Å². The van der Waals surface area contributed by atoms with Gasteiger partial charge in [-0.2, -0.15) is 0 Å². The standard InChI is InChI=1S/C17H15NO6/c1-22-12-7-6-11-13(14(12)23-2)17(21)24-15(11)18-10-5-3-4-9(8-10)16(19)20/h3-8,15,18H,1-2H3,(H,19,20)/t15-/m1/s1. The van der Waals surface area contributed by atoms with Gasteiger partial charge in [0.05, 0.1) is 19.8 Å². The van der Waals surface area contributed by atoms with Crippen LogP contribution < -0.4 is 14.8 Å². The lowest BCUT2D eigenvalue weighted by Crippen LogP contribution is -2.10. The van der Waals surface area contributed by atoms with Crippen molar-refractivity contribution in [3.8, 4) is 11.5 Å². The number of carbonyl (C=O) groups excluding carboxylic acids is 1. The van der Waals surface area contributed by atoms with E-state index in [0.717, 1.165) is 0 Å². The van der Waals surface area contributed by atoms with Crippen molar-refractivity contribution < 1.29 is 28.9 Å². The van der Waals surface area contributed by atoms with Gasteiger partial charge in [0.2, 0.25) is 6.23 Å². The van der Waals surface area contributed by atoms with Gasteiger partial charge in [-0.25, -0.2) is 9.59 Å². The Morgan fingerprint density at radius 1 is 1.21 bits per heavy atom. The van der Waals surface area contributed by atoms with Crippen molar-refractivity contribution in [3.63, 3.8) is 0 Å². The van der Waals surface area contributed by atoms with Crippen molar-refractivity contribution in [3.05, 3.63) is 53.1 Å². The summed E-state index contributed by atoms with van der Waals surface area (Å²) >= 11 is 0. The smallest absolute Gasteiger partial charge is 0.344 e. The van der Waals surface area contributed by atoms with Crippen LogP contribution in [0.15, 0.2) is 36.4 Å². The lowest BCUT2D eigenvalue weighted by atomic mass is 10.1. The Morgan fingerprint density at radius 2 is 2.00 bits per heavy atom. The molecule has 0 bridgehead atoms. The van der Waals surface area contributed by atoms with Crippen LogP contribution in [0.5, 0.6) is 11.5 Å². The van der Waals surface area contributed by atoms with Crippen molar-refractivity contribution in [2.75, 3.05) is 19.5 Å². The van der Waals surface area contributed by atoms with E-state index in [0.29, 0.717) is 28.3 Å². The Kier molecular flexibility index (Phi) is 3.99. The summed E-state index contributed by atoms with van der Waals surface area (Å²) < 4.78 is 15.8. The van der Waals surface area contributed by atoms with Crippen LogP contribution in [-0.2, 0) is 4.74 Å². The van der Waals surface area contributed by atoms with E-state index in [-0.39, 0.29) is 5.56 Å². The van der Waals surface area contributed by atoms with E-state index in [1.165, 1.54) is 26.4 Å². The topological polar surface area (TPSA) is 94.1 Å². The van der Waals surface area contributed by atoms with Crippen LogP contribution in [0.4, 0.5) is 5.69 Å². The Balaban J connectivity index is 1.95. The second kappa shape index (κ2) is 6.11. The Morgan fingerprint density at radius 3 is 2.67 bits per heavy atom. The molecule has 0 aromatic heterocycles. The molecule has 0 aliphatic carbocycles. The van der Waals surface area contributed by atoms with Crippen LogP contribution >= 0.6 is 0 Å². The number of esters is 1. The number of carboxylic acids is 1. The first-order valence-corrected chi connectivity index (χ1v) is 7.11. The number of fused-ring (bicyclic) bond motifs is 1. The SMILES string of the molecule is COc1ccc2c(c1OC)C(=O)O[C@H]2Nc1cccc(C(=O)O)c1. The maximum Gasteiger partial charge on any atom is 0.344 e. The Labute approximate surface area is 137 Å². The van der Waals surface area contributed by atoms with Gasteiger partial charge in [-0.15, -0.1) is 0 Å². The number of benzene rings is 2. The van der Waals surface area contributed by atoms with Crippen LogP contribution in [0.1, 0.15) is 32.5 Å². The minimum absolute atomic E-state index is 0.136. The fraction of sp³-hybridized carbons (Fsp3) is 0.176. The molecule has 124 valence electrons. The molecule has 2 aromatic rings. The summed E-state index contributed by atoms with van der Waals surface area (Å²) in [5.74, 6) is -0.827. The predicted octanol–water partition coefficient (Wildman–Crippen LogP) is 2.68. The molecule has 1 atom stereocenters. The van der Waals surface area contributed by atoms with Gasteiger partial charge in [-0.1, -0.05) is 6.07 Å². The molecule has 1 aliphatic heterocycles. The van der Waals surface area contributed by atoms with E-state index in [4.69, 9.17) is 19.3 Å². The van der Waals surface area contributed by atoms with Gasteiger partial charge in [0.25, 0.3) is 0 Å². The number of anilines is 1. The monoisotopic (exact) mass is 329 g/mol. The van der Waals surface area contributed by atoms with Crippen LogP contribution in [-0.4, -0.2) is 31.3 Å². The molecule has 1 aliphatic rings. The molecule has 0 fully saturated rings. The summed E-state index contributed by atoms with van der Waals surface area (Å²) in [6.07, 6.45) is -0.739. The number of ether oxygens (including phenoxy) is 3. The molecule has 3 rings (SSSR count). The number of nitrogens with one attached hydrogen (secondary N) is 1. The second-order valence-electron chi connectivity index (χ2n) is 5.08. The highest BCUT2D eigenvalue weighted by Gasteiger charge is 2.35. The van der Waals surface area contributed by atoms with E-state index in [9.17, 15) is 9.59 Å². The molecular formula is C17H15NO6. The molecule has 0 unspecified atom stereocenters. The quantitative estimate of drug-likeness (QED) is 0.814. The van der Waals surface area contributed by atoms with Crippen molar-refractivity contribution in [2.24, 2.45) is 0 Å². The lowest BCUT2D eigenvalue weighted by Gasteiger charge is -2.15. The molecule has 7 nitrogen and oxygen atoms in total. The molecular weight excluding hydrogens is 314 g/mol. The Hall–Kier alpha value is -3.22. The lowest BCUT2D eigenvalue weighted by molar-refractivity contribution is 0.0434. The van der Waals surface area contributed by atoms with Gasteiger partial charge < -0.3 is 24.6 Å². The summed E-state index contributed by atoms with van der Waals surface area (Å²) in [4.78, 5) is 23.2. The van der Waals surface area contributed by atoms with Crippen LogP contribution in [0.2, 0.25) is 0 Å². The van der Waals surface area contributed by atoms with Gasteiger partial charge in [0.15, 0.2) is 11.5 Å². The highest BCUT2D eigenvalue weighted by atomic mass is 16.6. The Bertz CT molecular complexity index is 817. The highest BCUT2D eigenvalue weighted by molar-refractivity contribution is 5.98. The first-order valence-electron chi connectivity index (χ1n) is 7.11. The van der Waals surface area contributed by atoms with Crippen molar-refractivity contribution in [1.29, 1.82) is 0 Å². The van der Waals surface area contributed by atoms with Gasteiger partial charge in [0, 0.05) is 11.3 Å². The predicted molar refractivity (Wildman–Crippen MR) is 84.7 cm³/mol. The maximum absolute atomic E-state index is 12.2. The van der Waals surface area contributed by atoms with Crippen molar-refractivity contribution in [2.45, 2.75) is 6.23 Å². The number of cyclic esters (lactones) is 1. The number of hydrogen-bond acceptors (Lipinski definition) is 6. The van der Waals surface area contributed by atoms with Gasteiger partial charge in [0.1, 0.15) is 5.56 Å². The van der Waals surface area contributed by atoms with Crippen LogP contribution in [0.3, 0.4) is 0 Å². The van der Waals surface area contributed by atoms with E-state index >= 15 is 0 Å². The van der Waals surface area contributed by atoms with Gasteiger partial charge in [-0.3, -0.25) is 0 Å². The normalized spacial score (nSPS) is 15.4. The number of methoxy groups -OCH3 is 2. The molecule has 0 amide bonds. The zero-order valence-corrected chi connectivity index (χ0v) is 13.0. The molecule has 0 saturated carbocycles. The third-order valence-corrected chi connectivity index (χ3v) is 3.70. The molecule has 0 radical (unpaired) electrons.